The van der Waals surface area contributed by atoms with E-state index in [1.54, 1.807) is 0 Å². The van der Waals surface area contributed by atoms with Crippen molar-refractivity contribution in [2.45, 2.75) is 218 Å². The Bertz CT molecular complexity index is 1780. The van der Waals surface area contributed by atoms with Crippen molar-refractivity contribution in [3.05, 3.63) is 11.6 Å². The first-order chi connectivity index (χ1) is 30.3. The summed E-state index contributed by atoms with van der Waals surface area (Å²) in [7, 11) is 0. The van der Waals surface area contributed by atoms with Crippen LogP contribution in [0.3, 0.4) is 0 Å². The largest absolute Gasteiger partial charge is 0.432 e. The van der Waals surface area contributed by atoms with Crippen molar-refractivity contribution >= 4 is 5.97 Å². The first kappa shape index (κ1) is 50.0. The Morgan fingerprint density at radius 1 is 0.677 bits per heavy atom. The molecular formula is C48H78O17. The van der Waals surface area contributed by atoms with E-state index < -0.39 is 117 Å². The summed E-state index contributed by atoms with van der Waals surface area (Å²) in [5.41, 5.74) is -0.0204. The second-order valence-electron chi connectivity index (χ2n) is 23.5. The third-order valence-corrected chi connectivity index (χ3v) is 19.3. The summed E-state index contributed by atoms with van der Waals surface area (Å²) in [5.74, 6) is 0.139. The quantitative estimate of drug-likeness (QED) is 0.121. The second kappa shape index (κ2) is 17.5. The molecule has 7 fully saturated rings. The van der Waals surface area contributed by atoms with Crippen LogP contribution in [0.4, 0.5) is 0 Å². The highest BCUT2D eigenvalue weighted by molar-refractivity contribution is 5.79. The average Bonchev–Trinajstić information content (AvgIpc) is 3.25. The fourth-order valence-corrected chi connectivity index (χ4v) is 14.8. The minimum absolute atomic E-state index is 0.0373. The van der Waals surface area contributed by atoms with Gasteiger partial charge in [-0.25, -0.2) is 0 Å². The van der Waals surface area contributed by atoms with Gasteiger partial charge in [0.1, 0.15) is 67.1 Å². The molecule has 372 valence electrons. The van der Waals surface area contributed by atoms with Crippen molar-refractivity contribution in [1.29, 1.82) is 0 Å². The number of esters is 1. The average molecular weight is 927 g/mol. The number of rotatable bonds is 8. The molecule has 0 bridgehead atoms. The van der Waals surface area contributed by atoms with E-state index in [2.05, 4.69) is 54.5 Å². The minimum Gasteiger partial charge on any atom is -0.432 e. The molecule has 10 N–H and O–H groups in total. The van der Waals surface area contributed by atoms with E-state index in [0.29, 0.717) is 24.7 Å². The van der Waals surface area contributed by atoms with Gasteiger partial charge >= 0.3 is 5.97 Å². The number of carbonyl (C=O) groups excluding carboxylic acids is 1. The third kappa shape index (κ3) is 7.90. The number of hydrogen-bond acceptors (Lipinski definition) is 17. The number of ether oxygens (including phenoxy) is 6. The van der Waals surface area contributed by atoms with Crippen molar-refractivity contribution in [3.63, 3.8) is 0 Å². The van der Waals surface area contributed by atoms with Crippen LogP contribution in [0.15, 0.2) is 11.6 Å². The van der Waals surface area contributed by atoms with Crippen LogP contribution in [0, 0.1) is 50.2 Å². The first-order valence-electron chi connectivity index (χ1n) is 24.2. The molecule has 23 atom stereocenters. The first-order valence-corrected chi connectivity index (χ1v) is 24.2. The number of aliphatic hydroxyl groups is 10. The molecule has 3 heterocycles. The molecule has 5 aliphatic carbocycles. The van der Waals surface area contributed by atoms with Crippen LogP contribution in [-0.4, -0.2) is 168 Å². The van der Waals surface area contributed by atoms with Gasteiger partial charge in [0, 0.05) is 0 Å². The highest BCUT2D eigenvalue weighted by Crippen LogP contribution is 2.76. The van der Waals surface area contributed by atoms with E-state index in [0.717, 1.165) is 51.4 Å². The van der Waals surface area contributed by atoms with Crippen molar-refractivity contribution < 1.29 is 84.3 Å². The monoisotopic (exact) mass is 927 g/mol. The van der Waals surface area contributed by atoms with E-state index in [1.807, 2.05) is 0 Å². The van der Waals surface area contributed by atoms with Crippen LogP contribution in [0.1, 0.15) is 120 Å². The van der Waals surface area contributed by atoms with E-state index >= 15 is 0 Å². The smallest absolute Gasteiger partial charge is 0.315 e. The summed E-state index contributed by atoms with van der Waals surface area (Å²) in [4.78, 5) is 14.9. The molecule has 8 unspecified atom stereocenters. The van der Waals surface area contributed by atoms with Gasteiger partial charge in [0.2, 0.25) is 6.29 Å². The molecule has 17 heteroatoms. The van der Waals surface area contributed by atoms with Crippen LogP contribution in [0.5, 0.6) is 0 Å². The standard InChI is InChI=1S/C48H78O17/c1-22-30(51)32(53)35(56)40(61-22)64-38-25(20-49)62-39(37(58)34(38)55)60-21-26-31(52)33(54)36(57)41(63-26)65-42(59)48-17-15-43(2,3)19-24(48)23-9-10-28-45(6)13-12-29(50)44(4,5)27(45)11-14-47(28,8)46(23,7)16-18-48/h9,22,24-41,49-58H,10-21H2,1-8H3/t22-,24?,25-,26-,27?,28?,29?,30-,31-,32-,33+,34-,35-,36-,37-,38-,39-,40+,41+,45?,46?,47?,48?/m1/s1. The molecular weight excluding hydrogens is 849 g/mol. The lowest BCUT2D eigenvalue weighted by atomic mass is 9.33. The number of aliphatic hydroxyl groups excluding tert-OH is 10. The zero-order chi connectivity index (χ0) is 47.6. The summed E-state index contributed by atoms with van der Waals surface area (Å²) in [6.07, 6.45) is -13.7. The van der Waals surface area contributed by atoms with Gasteiger partial charge in [-0.3, -0.25) is 4.79 Å². The van der Waals surface area contributed by atoms with Gasteiger partial charge in [-0.1, -0.05) is 60.1 Å². The Hall–Kier alpha value is -1.39. The fourth-order valence-electron chi connectivity index (χ4n) is 14.8. The van der Waals surface area contributed by atoms with Crippen LogP contribution in [0.2, 0.25) is 0 Å². The predicted molar refractivity (Wildman–Crippen MR) is 229 cm³/mol. The van der Waals surface area contributed by atoms with Crippen LogP contribution >= 0.6 is 0 Å². The maximum absolute atomic E-state index is 14.9. The zero-order valence-electron chi connectivity index (χ0n) is 39.4. The van der Waals surface area contributed by atoms with Crippen LogP contribution in [-0.2, 0) is 33.2 Å². The van der Waals surface area contributed by atoms with Gasteiger partial charge in [0.05, 0.1) is 30.8 Å². The predicted octanol–water partition coefficient (Wildman–Crippen LogP) is 1.17. The number of allylic oxidation sites excluding steroid dienone is 2. The molecule has 0 radical (unpaired) electrons. The molecule has 0 amide bonds. The molecule has 8 aliphatic rings. The summed E-state index contributed by atoms with van der Waals surface area (Å²) >= 11 is 0. The van der Waals surface area contributed by atoms with E-state index in [9.17, 15) is 55.9 Å². The molecule has 3 aliphatic heterocycles. The highest BCUT2D eigenvalue weighted by Gasteiger charge is 2.70. The molecule has 3 saturated heterocycles. The Morgan fingerprint density at radius 3 is 2.00 bits per heavy atom. The van der Waals surface area contributed by atoms with Gasteiger partial charge in [0.25, 0.3) is 0 Å². The lowest BCUT2D eigenvalue weighted by Gasteiger charge is -2.71. The maximum atomic E-state index is 14.9. The molecule has 65 heavy (non-hydrogen) atoms. The molecule has 0 aromatic heterocycles. The van der Waals surface area contributed by atoms with Crippen LogP contribution < -0.4 is 0 Å². The van der Waals surface area contributed by atoms with Gasteiger partial charge in [-0.15, -0.1) is 0 Å². The summed E-state index contributed by atoms with van der Waals surface area (Å²) in [6, 6.07) is 0. The summed E-state index contributed by atoms with van der Waals surface area (Å²) < 4.78 is 34.8. The summed E-state index contributed by atoms with van der Waals surface area (Å²) in [5, 5.41) is 108. The van der Waals surface area contributed by atoms with Gasteiger partial charge in [-0.05, 0) is 116 Å². The number of hydrogen-bond donors (Lipinski definition) is 10. The highest BCUT2D eigenvalue weighted by atomic mass is 16.8. The second-order valence-corrected chi connectivity index (χ2v) is 23.5. The summed E-state index contributed by atoms with van der Waals surface area (Å²) in [6.45, 7) is 16.4. The van der Waals surface area contributed by atoms with E-state index in [-0.39, 0.29) is 39.1 Å². The normalized spacial score (nSPS) is 53.9. The minimum atomic E-state index is -1.84. The van der Waals surface area contributed by atoms with Gasteiger partial charge in [-0.2, -0.15) is 0 Å². The van der Waals surface area contributed by atoms with Crippen molar-refractivity contribution in [2.75, 3.05) is 13.2 Å². The molecule has 0 aromatic rings. The SMILES string of the molecule is C[C@H]1O[C@@H](O[C@H]2[C@H](O)[C@@H](O)[C@H](OC[C@H]3O[C@@H](OC(=O)C45CCC(C)(C)CC4C4=CCC6C7(C)CCC(O)C(C)(C)C7CCC6(C)C4(C)CC5)[C@H](O)[C@@H](O)[C@@H]3O)O[C@@H]2CO)[C@H](O)[C@H](O)[C@@H]1O. The lowest BCUT2D eigenvalue weighted by molar-refractivity contribution is -0.361. The number of fused-ring (bicyclic) bond motifs is 7. The van der Waals surface area contributed by atoms with Gasteiger partial charge in [0.15, 0.2) is 12.6 Å². The Morgan fingerprint density at radius 2 is 1.31 bits per heavy atom. The van der Waals surface area contributed by atoms with Crippen molar-refractivity contribution in [1.82, 2.24) is 0 Å². The van der Waals surface area contributed by atoms with Crippen molar-refractivity contribution in [3.8, 4) is 0 Å². The molecule has 8 rings (SSSR count). The Kier molecular flexibility index (Phi) is 13.4. The lowest BCUT2D eigenvalue weighted by Crippen LogP contribution is -2.65. The molecule has 0 spiro atoms. The van der Waals surface area contributed by atoms with E-state index in [4.69, 9.17) is 28.4 Å². The molecule has 17 nitrogen and oxygen atoms in total. The van der Waals surface area contributed by atoms with Gasteiger partial charge < -0.3 is 79.5 Å². The zero-order valence-corrected chi connectivity index (χ0v) is 39.4. The number of carbonyl (C=O) groups is 1. The Labute approximate surface area is 382 Å². The molecule has 0 aromatic carbocycles. The van der Waals surface area contributed by atoms with Crippen LogP contribution in [0.25, 0.3) is 0 Å². The Balaban J connectivity index is 0.973. The van der Waals surface area contributed by atoms with E-state index in [1.165, 1.54) is 12.5 Å². The molecule has 4 saturated carbocycles. The third-order valence-electron chi connectivity index (χ3n) is 19.3. The van der Waals surface area contributed by atoms with Crippen molar-refractivity contribution in [2.24, 2.45) is 50.2 Å². The maximum Gasteiger partial charge on any atom is 0.315 e. The topological polar surface area (TPSA) is 275 Å². The fraction of sp³-hybridized carbons (Fsp3) is 0.938.